The van der Waals surface area contributed by atoms with Crippen molar-refractivity contribution in [3.8, 4) is 11.3 Å². The molecule has 0 aliphatic heterocycles. The Labute approximate surface area is 122 Å². The van der Waals surface area contributed by atoms with Gasteiger partial charge in [0.15, 0.2) is 0 Å². The van der Waals surface area contributed by atoms with Crippen LogP contribution in [0.3, 0.4) is 0 Å². The molecule has 0 aliphatic rings. The smallest absolute Gasteiger partial charge is 0.0707 e. The number of nitrogens with zero attached hydrogens (tertiary/aromatic N) is 1. The van der Waals surface area contributed by atoms with Crippen molar-refractivity contribution in [2.45, 2.75) is 39.7 Å². The Morgan fingerprint density at radius 1 is 1.00 bits per heavy atom. The van der Waals surface area contributed by atoms with Gasteiger partial charge in [0, 0.05) is 29.8 Å². The summed E-state index contributed by atoms with van der Waals surface area (Å²) in [4.78, 5) is 4.78. The lowest BCUT2D eigenvalue weighted by Crippen LogP contribution is -2.37. The molecule has 2 heteroatoms. The third kappa shape index (κ3) is 4.17. The quantitative estimate of drug-likeness (QED) is 0.907. The Hall–Kier alpha value is -1.67. The lowest BCUT2D eigenvalue weighted by molar-refractivity contribution is 0.428. The number of hydrogen-bond donors (Lipinski definition) is 1. The van der Waals surface area contributed by atoms with Gasteiger partial charge >= 0.3 is 0 Å². The molecule has 20 heavy (non-hydrogen) atoms. The van der Waals surface area contributed by atoms with Gasteiger partial charge in [-0.05, 0) is 45.4 Å². The van der Waals surface area contributed by atoms with Crippen LogP contribution in [0.4, 0.5) is 0 Å². The van der Waals surface area contributed by atoms with Crippen molar-refractivity contribution in [1.29, 1.82) is 0 Å². The van der Waals surface area contributed by atoms with Crippen LogP contribution in [0, 0.1) is 6.92 Å². The summed E-state index contributed by atoms with van der Waals surface area (Å²) in [6.07, 6.45) is 0.955. The zero-order valence-corrected chi connectivity index (χ0v) is 12.9. The number of hydrogen-bond acceptors (Lipinski definition) is 2. The fraction of sp³-hybridized carbons (Fsp3) is 0.389. The molecule has 2 nitrogen and oxygen atoms in total. The van der Waals surface area contributed by atoms with E-state index in [1.54, 1.807) is 0 Å². The molecule has 0 unspecified atom stereocenters. The van der Waals surface area contributed by atoms with Crippen LogP contribution in [-0.2, 0) is 6.42 Å². The van der Waals surface area contributed by atoms with E-state index in [4.69, 9.17) is 4.98 Å². The third-order valence-corrected chi connectivity index (χ3v) is 3.26. The predicted octanol–water partition coefficient (Wildman–Crippen LogP) is 3.99. The van der Waals surface area contributed by atoms with Gasteiger partial charge in [-0.3, -0.25) is 4.98 Å². The van der Waals surface area contributed by atoms with Gasteiger partial charge < -0.3 is 5.32 Å². The molecule has 1 N–H and O–H groups in total. The minimum atomic E-state index is 0.160. The van der Waals surface area contributed by atoms with E-state index < -0.39 is 0 Å². The molecule has 0 atom stereocenters. The van der Waals surface area contributed by atoms with Gasteiger partial charge in [0.1, 0.15) is 0 Å². The van der Waals surface area contributed by atoms with Gasteiger partial charge in [0.25, 0.3) is 0 Å². The first-order valence-electron chi connectivity index (χ1n) is 7.23. The van der Waals surface area contributed by atoms with Crippen LogP contribution < -0.4 is 5.32 Å². The normalized spacial score (nSPS) is 11.6. The van der Waals surface area contributed by atoms with Crippen LogP contribution in [-0.4, -0.2) is 17.1 Å². The van der Waals surface area contributed by atoms with E-state index in [0.717, 1.165) is 24.4 Å². The molecule has 0 fully saturated rings. The molecular formula is C18H24N2. The van der Waals surface area contributed by atoms with Crippen LogP contribution in [0.25, 0.3) is 11.3 Å². The van der Waals surface area contributed by atoms with Crippen molar-refractivity contribution < 1.29 is 0 Å². The van der Waals surface area contributed by atoms with Gasteiger partial charge in [0.2, 0.25) is 0 Å². The number of aromatic nitrogens is 1. The molecule has 0 amide bonds. The van der Waals surface area contributed by atoms with Gasteiger partial charge in [-0.2, -0.15) is 0 Å². The second-order valence-corrected chi connectivity index (χ2v) is 6.26. The van der Waals surface area contributed by atoms with Crippen molar-refractivity contribution in [2.75, 3.05) is 6.54 Å². The monoisotopic (exact) mass is 268 g/mol. The average Bonchev–Trinajstić information content (AvgIpc) is 2.38. The highest BCUT2D eigenvalue weighted by atomic mass is 14.9. The Balaban J connectivity index is 2.11. The molecule has 0 radical (unpaired) electrons. The first kappa shape index (κ1) is 14.7. The Kier molecular flexibility index (Phi) is 4.56. The second kappa shape index (κ2) is 6.19. The molecule has 0 saturated carbocycles. The van der Waals surface area contributed by atoms with Crippen LogP contribution in [0.1, 0.15) is 32.0 Å². The average molecular weight is 268 g/mol. The SMILES string of the molecule is Cc1ccccc1-c1cccc(CCNC(C)(C)C)n1. The summed E-state index contributed by atoms with van der Waals surface area (Å²) in [5, 5.41) is 3.50. The number of pyridine rings is 1. The molecule has 106 valence electrons. The van der Waals surface area contributed by atoms with E-state index in [0.29, 0.717) is 0 Å². The van der Waals surface area contributed by atoms with E-state index in [2.05, 4.69) is 75.5 Å². The molecule has 0 bridgehead atoms. The Morgan fingerprint density at radius 3 is 2.45 bits per heavy atom. The lowest BCUT2D eigenvalue weighted by atomic mass is 10.0. The molecule has 0 spiro atoms. The maximum absolute atomic E-state index is 4.78. The maximum Gasteiger partial charge on any atom is 0.0707 e. The highest BCUT2D eigenvalue weighted by Gasteiger charge is 2.08. The molecule has 2 aromatic rings. The summed E-state index contributed by atoms with van der Waals surface area (Å²) in [7, 11) is 0. The lowest BCUT2D eigenvalue weighted by Gasteiger charge is -2.20. The van der Waals surface area contributed by atoms with Crippen LogP contribution >= 0.6 is 0 Å². The number of nitrogens with one attached hydrogen (secondary N) is 1. The van der Waals surface area contributed by atoms with E-state index in [1.165, 1.54) is 11.1 Å². The zero-order chi connectivity index (χ0) is 14.6. The van der Waals surface area contributed by atoms with E-state index in [9.17, 15) is 0 Å². The third-order valence-electron chi connectivity index (χ3n) is 3.26. The Morgan fingerprint density at radius 2 is 1.75 bits per heavy atom. The van der Waals surface area contributed by atoms with Crippen molar-refractivity contribution in [1.82, 2.24) is 10.3 Å². The topological polar surface area (TPSA) is 24.9 Å². The largest absolute Gasteiger partial charge is 0.312 e. The van der Waals surface area contributed by atoms with Gasteiger partial charge in [0.05, 0.1) is 5.69 Å². The first-order valence-corrected chi connectivity index (χ1v) is 7.23. The number of benzene rings is 1. The molecule has 1 aromatic heterocycles. The number of aryl methyl sites for hydroxylation is 1. The fourth-order valence-corrected chi connectivity index (χ4v) is 2.19. The van der Waals surface area contributed by atoms with Gasteiger partial charge in [-0.1, -0.05) is 30.3 Å². The van der Waals surface area contributed by atoms with Crippen LogP contribution in [0.15, 0.2) is 42.5 Å². The summed E-state index contributed by atoms with van der Waals surface area (Å²) in [5.74, 6) is 0. The molecule has 0 aliphatic carbocycles. The maximum atomic E-state index is 4.78. The summed E-state index contributed by atoms with van der Waals surface area (Å²) in [6, 6.07) is 14.7. The molecule has 2 rings (SSSR count). The Bertz CT molecular complexity index is 568. The van der Waals surface area contributed by atoms with Crippen molar-refractivity contribution in [3.63, 3.8) is 0 Å². The summed E-state index contributed by atoms with van der Waals surface area (Å²) >= 11 is 0. The highest BCUT2D eigenvalue weighted by molar-refractivity contribution is 5.63. The van der Waals surface area contributed by atoms with E-state index in [1.807, 2.05) is 0 Å². The molecule has 1 heterocycles. The van der Waals surface area contributed by atoms with Crippen molar-refractivity contribution in [3.05, 3.63) is 53.7 Å². The zero-order valence-electron chi connectivity index (χ0n) is 12.9. The van der Waals surface area contributed by atoms with Crippen LogP contribution in [0.2, 0.25) is 0 Å². The molecule has 0 saturated heterocycles. The minimum absolute atomic E-state index is 0.160. The highest BCUT2D eigenvalue weighted by Crippen LogP contribution is 2.21. The van der Waals surface area contributed by atoms with Crippen molar-refractivity contribution >= 4 is 0 Å². The second-order valence-electron chi connectivity index (χ2n) is 6.26. The summed E-state index contributed by atoms with van der Waals surface area (Å²) < 4.78 is 0. The summed E-state index contributed by atoms with van der Waals surface area (Å²) in [5.41, 5.74) is 4.86. The van der Waals surface area contributed by atoms with Gasteiger partial charge in [-0.25, -0.2) is 0 Å². The van der Waals surface area contributed by atoms with Crippen molar-refractivity contribution in [2.24, 2.45) is 0 Å². The summed E-state index contributed by atoms with van der Waals surface area (Å²) in [6.45, 7) is 9.64. The minimum Gasteiger partial charge on any atom is -0.312 e. The fourth-order valence-electron chi connectivity index (χ4n) is 2.19. The molecular weight excluding hydrogens is 244 g/mol. The molecule has 1 aromatic carbocycles. The predicted molar refractivity (Wildman–Crippen MR) is 85.9 cm³/mol. The van der Waals surface area contributed by atoms with E-state index >= 15 is 0 Å². The first-order chi connectivity index (χ1) is 9.46. The standard InChI is InChI=1S/C18H24N2/c1-14-8-5-6-10-16(14)17-11-7-9-15(20-17)12-13-19-18(2,3)4/h5-11,19H,12-13H2,1-4H3. The van der Waals surface area contributed by atoms with Crippen LogP contribution in [0.5, 0.6) is 0 Å². The number of rotatable bonds is 4. The van der Waals surface area contributed by atoms with Gasteiger partial charge in [-0.15, -0.1) is 0 Å². The van der Waals surface area contributed by atoms with E-state index in [-0.39, 0.29) is 5.54 Å².